The Hall–Kier alpha value is -1.71. The number of aryl methyl sites for hydroxylation is 1. The molecule has 3 nitrogen and oxygen atoms in total. The molecule has 1 aromatic carbocycles. The Labute approximate surface area is 114 Å². The molecule has 1 heterocycles. The molecule has 0 bridgehead atoms. The van der Waals surface area contributed by atoms with E-state index in [-0.39, 0.29) is 6.04 Å². The van der Waals surface area contributed by atoms with E-state index in [1.807, 2.05) is 12.3 Å². The molecule has 2 aromatic rings. The third-order valence-electron chi connectivity index (χ3n) is 3.35. The minimum absolute atomic E-state index is 0.233. The molecule has 100 valence electrons. The molecule has 2 rings (SSSR count). The molecule has 0 aliphatic carbocycles. The van der Waals surface area contributed by atoms with Gasteiger partial charge in [0.15, 0.2) is 0 Å². The standard InChI is InChI=1S/C16H21N3/c1-2-13-5-7-14(8-6-13)10-16(19-17)11-15-4-3-9-18-12-15/h3-9,12,16,19H,2,10-11,17H2,1H3. The van der Waals surface area contributed by atoms with E-state index < -0.39 is 0 Å². The lowest BCUT2D eigenvalue weighted by Crippen LogP contribution is -2.38. The zero-order chi connectivity index (χ0) is 13.5. The highest BCUT2D eigenvalue weighted by atomic mass is 15.2. The number of rotatable bonds is 6. The van der Waals surface area contributed by atoms with E-state index in [0.29, 0.717) is 0 Å². The maximum absolute atomic E-state index is 5.65. The van der Waals surface area contributed by atoms with Gasteiger partial charge in [0, 0.05) is 18.4 Å². The molecule has 3 N–H and O–H groups in total. The number of hydrogen-bond donors (Lipinski definition) is 2. The summed E-state index contributed by atoms with van der Waals surface area (Å²) >= 11 is 0. The molecular formula is C16H21N3. The normalized spacial score (nSPS) is 12.3. The van der Waals surface area contributed by atoms with Crippen molar-refractivity contribution in [1.29, 1.82) is 0 Å². The SMILES string of the molecule is CCc1ccc(CC(Cc2cccnc2)NN)cc1. The topological polar surface area (TPSA) is 50.9 Å². The molecule has 0 saturated heterocycles. The number of benzene rings is 1. The minimum atomic E-state index is 0.233. The highest BCUT2D eigenvalue weighted by Crippen LogP contribution is 2.10. The average molecular weight is 255 g/mol. The van der Waals surface area contributed by atoms with Crippen LogP contribution in [0.4, 0.5) is 0 Å². The zero-order valence-electron chi connectivity index (χ0n) is 11.3. The monoisotopic (exact) mass is 255 g/mol. The first kappa shape index (κ1) is 13.7. The second kappa shape index (κ2) is 7.02. The minimum Gasteiger partial charge on any atom is -0.271 e. The number of aromatic nitrogens is 1. The van der Waals surface area contributed by atoms with Crippen LogP contribution >= 0.6 is 0 Å². The van der Waals surface area contributed by atoms with Gasteiger partial charge in [-0.15, -0.1) is 0 Å². The van der Waals surface area contributed by atoms with E-state index in [2.05, 4.69) is 47.7 Å². The van der Waals surface area contributed by atoms with E-state index in [1.54, 1.807) is 6.20 Å². The summed E-state index contributed by atoms with van der Waals surface area (Å²) in [5, 5.41) is 0. The Morgan fingerprint density at radius 2 is 1.74 bits per heavy atom. The van der Waals surface area contributed by atoms with Gasteiger partial charge in [0.05, 0.1) is 0 Å². The van der Waals surface area contributed by atoms with Crippen molar-refractivity contribution in [3.05, 3.63) is 65.5 Å². The molecule has 0 aliphatic rings. The number of hydrogen-bond acceptors (Lipinski definition) is 3. The largest absolute Gasteiger partial charge is 0.271 e. The summed E-state index contributed by atoms with van der Waals surface area (Å²) < 4.78 is 0. The molecule has 0 radical (unpaired) electrons. The van der Waals surface area contributed by atoms with E-state index in [1.165, 1.54) is 16.7 Å². The maximum atomic E-state index is 5.65. The molecule has 1 aromatic heterocycles. The Morgan fingerprint density at radius 1 is 1.05 bits per heavy atom. The first-order valence-corrected chi connectivity index (χ1v) is 6.74. The van der Waals surface area contributed by atoms with Crippen LogP contribution in [0.15, 0.2) is 48.8 Å². The van der Waals surface area contributed by atoms with Crippen molar-refractivity contribution in [2.24, 2.45) is 5.84 Å². The van der Waals surface area contributed by atoms with E-state index >= 15 is 0 Å². The van der Waals surface area contributed by atoms with Crippen molar-refractivity contribution in [1.82, 2.24) is 10.4 Å². The van der Waals surface area contributed by atoms with Crippen molar-refractivity contribution < 1.29 is 0 Å². The molecule has 0 fully saturated rings. The van der Waals surface area contributed by atoms with Crippen molar-refractivity contribution >= 4 is 0 Å². The van der Waals surface area contributed by atoms with Gasteiger partial charge in [0.1, 0.15) is 0 Å². The number of nitrogens with one attached hydrogen (secondary N) is 1. The predicted octanol–water partition coefficient (Wildman–Crippen LogP) is 2.26. The molecular weight excluding hydrogens is 234 g/mol. The first-order valence-electron chi connectivity index (χ1n) is 6.74. The highest BCUT2D eigenvalue weighted by Gasteiger charge is 2.09. The van der Waals surface area contributed by atoms with Gasteiger partial charge in [-0.1, -0.05) is 37.3 Å². The maximum Gasteiger partial charge on any atom is 0.0300 e. The fraction of sp³-hybridized carbons (Fsp3) is 0.312. The summed E-state index contributed by atoms with van der Waals surface area (Å²) in [5.41, 5.74) is 6.78. The third kappa shape index (κ3) is 4.16. The fourth-order valence-electron chi connectivity index (χ4n) is 2.19. The Bertz CT molecular complexity index is 479. The van der Waals surface area contributed by atoms with Crippen molar-refractivity contribution in [2.75, 3.05) is 0 Å². The van der Waals surface area contributed by atoms with Crippen molar-refractivity contribution in [3.63, 3.8) is 0 Å². The van der Waals surface area contributed by atoms with Gasteiger partial charge in [-0.25, -0.2) is 0 Å². The number of hydrazine groups is 1. The van der Waals surface area contributed by atoms with Gasteiger partial charge < -0.3 is 0 Å². The zero-order valence-corrected chi connectivity index (χ0v) is 11.3. The van der Waals surface area contributed by atoms with E-state index in [0.717, 1.165) is 19.3 Å². The van der Waals surface area contributed by atoms with Crippen LogP contribution in [-0.2, 0) is 19.3 Å². The highest BCUT2D eigenvalue weighted by molar-refractivity contribution is 5.23. The quantitative estimate of drug-likeness (QED) is 0.615. The third-order valence-corrected chi connectivity index (χ3v) is 3.35. The Morgan fingerprint density at radius 3 is 2.32 bits per heavy atom. The molecule has 1 atom stereocenters. The number of pyridine rings is 1. The molecule has 3 heteroatoms. The smallest absolute Gasteiger partial charge is 0.0300 e. The van der Waals surface area contributed by atoms with Gasteiger partial charge in [-0.05, 0) is 42.0 Å². The summed E-state index contributed by atoms with van der Waals surface area (Å²) in [4.78, 5) is 4.13. The van der Waals surface area contributed by atoms with Gasteiger partial charge in [0.2, 0.25) is 0 Å². The van der Waals surface area contributed by atoms with Crippen LogP contribution in [0.5, 0.6) is 0 Å². The lowest BCUT2D eigenvalue weighted by Gasteiger charge is -2.16. The van der Waals surface area contributed by atoms with Gasteiger partial charge >= 0.3 is 0 Å². The van der Waals surface area contributed by atoms with Crippen LogP contribution in [0.1, 0.15) is 23.6 Å². The fourth-order valence-corrected chi connectivity index (χ4v) is 2.19. The molecule has 1 unspecified atom stereocenters. The first-order chi connectivity index (χ1) is 9.31. The van der Waals surface area contributed by atoms with Gasteiger partial charge in [-0.3, -0.25) is 16.3 Å². The van der Waals surface area contributed by atoms with Gasteiger partial charge in [-0.2, -0.15) is 0 Å². The van der Waals surface area contributed by atoms with E-state index in [4.69, 9.17) is 5.84 Å². The summed E-state index contributed by atoms with van der Waals surface area (Å²) in [6, 6.07) is 13.0. The van der Waals surface area contributed by atoms with Crippen LogP contribution in [0.3, 0.4) is 0 Å². The number of nitrogens with two attached hydrogens (primary N) is 1. The molecule has 0 saturated carbocycles. The van der Waals surface area contributed by atoms with Crippen LogP contribution in [0, 0.1) is 0 Å². The van der Waals surface area contributed by atoms with Crippen molar-refractivity contribution in [3.8, 4) is 0 Å². The van der Waals surface area contributed by atoms with E-state index in [9.17, 15) is 0 Å². The lowest BCUT2D eigenvalue weighted by atomic mass is 9.99. The average Bonchev–Trinajstić information content (AvgIpc) is 2.48. The Kier molecular flexibility index (Phi) is 5.07. The second-order valence-electron chi connectivity index (χ2n) is 4.80. The van der Waals surface area contributed by atoms with Crippen LogP contribution in [0.25, 0.3) is 0 Å². The van der Waals surface area contributed by atoms with Crippen LogP contribution < -0.4 is 11.3 Å². The summed E-state index contributed by atoms with van der Waals surface area (Å²) in [6.07, 6.45) is 6.58. The Balaban J connectivity index is 1.98. The van der Waals surface area contributed by atoms with Gasteiger partial charge in [0.25, 0.3) is 0 Å². The molecule has 0 aliphatic heterocycles. The summed E-state index contributed by atoms with van der Waals surface area (Å²) in [6.45, 7) is 2.17. The molecule has 19 heavy (non-hydrogen) atoms. The molecule has 0 spiro atoms. The van der Waals surface area contributed by atoms with Crippen molar-refractivity contribution in [2.45, 2.75) is 32.2 Å². The summed E-state index contributed by atoms with van der Waals surface area (Å²) in [5.74, 6) is 5.65. The molecule has 0 amide bonds. The number of nitrogens with zero attached hydrogens (tertiary/aromatic N) is 1. The second-order valence-corrected chi connectivity index (χ2v) is 4.80. The summed E-state index contributed by atoms with van der Waals surface area (Å²) in [7, 11) is 0. The predicted molar refractivity (Wildman–Crippen MR) is 78.6 cm³/mol. The van der Waals surface area contributed by atoms with Crippen LogP contribution in [0.2, 0.25) is 0 Å². The lowest BCUT2D eigenvalue weighted by molar-refractivity contribution is 0.522. The van der Waals surface area contributed by atoms with Crippen LogP contribution in [-0.4, -0.2) is 11.0 Å².